The maximum Gasteiger partial charge on any atom is 0.425 e. The molecular weight excluding hydrogens is 304 g/mol. The SMILES string of the molecule is COc1cc(C(F)(F)F)sc1I. The first-order chi connectivity index (χ1) is 5.45. The first-order valence-corrected chi connectivity index (χ1v) is 4.75. The van der Waals surface area contributed by atoms with Gasteiger partial charge >= 0.3 is 6.18 Å². The number of hydrogen-bond acceptors (Lipinski definition) is 2. The van der Waals surface area contributed by atoms with Crippen molar-refractivity contribution in [3.05, 3.63) is 13.8 Å². The van der Waals surface area contributed by atoms with Gasteiger partial charge in [0, 0.05) is 6.07 Å². The molecule has 0 atom stereocenters. The van der Waals surface area contributed by atoms with Gasteiger partial charge in [0.25, 0.3) is 0 Å². The van der Waals surface area contributed by atoms with Gasteiger partial charge in [-0.3, -0.25) is 0 Å². The Kier molecular flexibility index (Phi) is 2.87. The van der Waals surface area contributed by atoms with E-state index in [9.17, 15) is 13.2 Å². The molecule has 1 nitrogen and oxygen atoms in total. The third kappa shape index (κ3) is 2.03. The quantitative estimate of drug-likeness (QED) is 0.723. The molecule has 0 aliphatic carbocycles. The van der Waals surface area contributed by atoms with Gasteiger partial charge < -0.3 is 4.74 Å². The van der Waals surface area contributed by atoms with Crippen LogP contribution in [-0.4, -0.2) is 7.11 Å². The molecule has 0 aliphatic heterocycles. The van der Waals surface area contributed by atoms with Crippen LogP contribution in [0.2, 0.25) is 0 Å². The lowest BCUT2D eigenvalue weighted by atomic mass is 10.4. The summed E-state index contributed by atoms with van der Waals surface area (Å²) >= 11 is 2.50. The van der Waals surface area contributed by atoms with Gasteiger partial charge in [-0.1, -0.05) is 0 Å². The number of halogens is 4. The van der Waals surface area contributed by atoms with Crippen molar-refractivity contribution >= 4 is 33.9 Å². The Morgan fingerprint density at radius 3 is 2.33 bits per heavy atom. The molecule has 0 amide bonds. The maximum atomic E-state index is 12.1. The highest BCUT2D eigenvalue weighted by molar-refractivity contribution is 14.1. The largest absolute Gasteiger partial charge is 0.495 e. The number of methoxy groups -OCH3 is 1. The van der Waals surface area contributed by atoms with Crippen LogP contribution in [0.4, 0.5) is 13.2 Å². The molecule has 68 valence electrons. The van der Waals surface area contributed by atoms with Crippen molar-refractivity contribution in [2.45, 2.75) is 6.18 Å². The Morgan fingerprint density at radius 1 is 1.50 bits per heavy atom. The molecule has 1 heterocycles. The molecule has 1 aromatic rings. The molecule has 0 radical (unpaired) electrons. The molecule has 1 rings (SSSR count). The van der Waals surface area contributed by atoms with E-state index < -0.39 is 11.1 Å². The Hall–Kier alpha value is 0.0200. The van der Waals surface area contributed by atoms with Gasteiger partial charge in [0.15, 0.2) is 0 Å². The first kappa shape index (κ1) is 10.1. The number of alkyl halides is 3. The van der Waals surface area contributed by atoms with E-state index in [4.69, 9.17) is 4.74 Å². The smallest absolute Gasteiger partial charge is 0.425 e. The van der Waals surface area contributed by atoms with Crippen LogP contribution < -0.4 is 4.74 Å². The second-order valence-corrected chi connectivity index (χ2v) is 4.81. The predicted molar refractivity (Wildman–Crippen MR) is 48.6 cm³/mol. The van der Waals surface area contributed by atoms with Crippen molar-refractivity contribution < 1.29 is 17.9 Å². The van der Waals surface area contributed by atoms with Crippen LogP contribution in [0.25, 0.3) is 0 Å². The lowest BCUT2D eigenvalue weighted by Gasteiger charge is -1.99. The highest BCUT2D eigenvalue weighted by Gasteiger charge is 2.33. The third-order valence-corrected chi connectivity index (χ3v) is 3.30. The van der Waals surface area contributed by atoms with Crippen molar-refractivity contribution in [2.75, 3.05) is 7.11 Å². The van der Waals surface area contributed by atoms with Crippen LogP contribution in [0.15, 0.2) is 6.07 Å². The fourth-order valence-corrected chi connectivity index (χ4v) is 2.44. The zero-order valence-corrected chi connectivity index (χ0v) is 8.88. The number of rotatable bonds is 1. The Balaban J connectivity index is 3.05. The zero-order valence-electron chi connectivity index (χ0n) is 5.91. The molecule has 0 aliphatic rings. The molecule has 1 aromatic heterocycles. The van der Waals surface area contributed by atoms with Gasteiger partial charge in [-0.05, 0) is 22.6 Å². The summed E-state index contributed by atoms with van der Waals surface area (Å²) in [5.41, 5.74) is 0. The van der Waals surface area contributed by atoms with Crippen LogP contribution in [-0.2, 0) is 6.18 Å². The minimum absolute atomic E-state index is 0.285. The fourth-order valence-electron chi connectivity index (χ4n) is 0.631. The molecule has 0 saturated heterocycles. The van der Waals surface area contributed by atoms with Gasteiger partial charge in [-0.2, -0.15) is 13.2 Å². The van der Waals surface area contributed by atoms with Crippen LogP contribution >= 0.6 is 33.9 Å². The summed E-state index contributed by atoms with van der Waals surface area (Å²) in [5, 5.41) is 0. The van der Waals surface area contributed by atoms with E-state index in [1.54, 1.807) is 0 Å². The highest BCUT2D eigenvalue weighted by Crippen LogP contribution is 2.40. The van der Waals surface area contributed by atoms with Crippen LogP contribution in [0.5, 0.6) is 5.75 Å². The second-order valence-electron chi connectivity index (χ2n) is 1.95. The van der Waals surface area contributed by atoms with Gasteiger partial charge in [-0.25, -0.2) is 0 Å². The molecule has 6 heteroatoms. The standard InChI is InChI=1S/C6H4F3IOS/c1-11-3-2-4(6(7,8)9)12-5(3)10/h2H,1H3. The summed E-state index contributed by atoms with van der Waals surface area (Å²) in [4.78, 5) is -0.622. The molecule has 0 bridgehead atoms. The molecule has 0 spiro atoms. The monoisotopic (exact) mass is 308 g/mol. The highest BCUT2D eigenvalue weighted by atomic mass is 127. The lowest BCUT2D eigenvalue weighted by Crippen LogP contribution is -2.00. The summed E-state index contributed by atoms with van der Waals surface area (Å²) < 4.78 is 41.4. The van der Waals surface area contributed by atoms with Crippen molar-refractivity contribution in [2.24, 2.45) is 0 Å². The lowest BCUT2D eigenvalue weighted by molar-refractivity contribution is -0.134. The van der Waals surface area contributed by atoms with E-state index in [0.717, 1.165) is 6.07 Å². The molecule has 0 unspecified atom stereocenters. The van der Waals surface area contributed by atoms with E-state index in [-0.39, 0.29) is 5.75 Å². The fraction of sp³-hybridized carbons (Fsp3) is 0.333. The van der Waals surface area contributed by atoms with Crippen molar-refractivity contribution in [1.82, 2.24) is 0 Å². The predicted octanol–water partition coefficient (Wildman–Crippen LogP) is 3.38. The maximum absolute atomic E-state index is 12.1. The van der Waals surface area contributed by atoms with Crippen LogP contribution in [0, 0.1) is 2.88 Å². The molecule has 0 fully saturated rings. The van der Waals surface area contributed by atoms with Crippen molar-refractivity contribution in [3.8, 4) is 5.75 Å². The molecule has 0 N–H and O–H groups in total. The zero-order chi connectivity index (χ0) is 9.35. The molecular formula is C6H4F3IOS. The average molecular weight is 308 g/mol. The summed E-state index contributed by atoms with van der Waals surface area (Å²) in [6, 6.07) is 1.01. The van der Waals surface area contributed by atoms with E-state index in [1.807, 2.05) is 22.6 Å². The second kappa shape index (κ2) is 3.41. The van der Waals surface area contributed by atoms with Gasteiger partial charge in [0.05, 0.1) is 7.11 Å². The normalized spacial score (nSPS) is 11.8. The topological polar surface area (TPSA) is 9.23 Å². The van der Waals surface area contributed by atoms with Crippen LogP contribution in [0.3, 0.4) is 0 Å². The van der Waals surface area contributed by atoms with E-state index >= 15 is 0 Å². The molecule has 12 heavy (non-hydrogen) atoms. The summed E-state index contributed by atoms with van der Waals surface area (Å²) in [7, 11) is 1.35. The Bertz CT molecular complexity index is 281. The first-order valence-electron chi connectivity index (χ1n) is 2.85. The third-order valence-electron chi connectivity index (χ3n) is 1.15. The number of thiophene rings is 1. The van der Waals surface area contributed by atoms with Crippen molar-refractivity contribution in [1.29, 1.82) is 0 Å². The molecule has 0 aromatic carbocycles. The summed E-state index contributed by atoms with van der Waals surface area (Å²) in [5.74, 6) is 0.285. The molecule has 0 saturated carbocycles. The van der Waals surface area contributed by atoms with Gasteiger partial charge in [0.2, 0.25) is 0 Å². The average Bonchev–Trinajstić information content (AvgIpc) is 2.29. The van der Waals surface area contributed by atoms with Gasteiger partial charge in [0.1, 0.15) is 13.5 Å². The number of ether oxygens (including phenoxy) is 1. The Labute approximate surface area is 84.7 Å². The number of hydrogen-bond donors (Lipinski definition) is 0. The van der Waals surface area contributed by atoms with Crippen molar-refractivity contribution in [3.63, 3.8) is 0 Å². The van der Waals surface area contributed by atoms with E-state index in [0.29, 0.717) is 14.2 Å². The minimum Gasteiger partial charge on any atom is -0.495 e. The van der Waals surface area contributed by atoms with Gasteiger partial charge in [-0.15, -0.1) is 11.3 Å². The Morgan fingerprint density at radius 2 is 2.08 bits per heavy atom. The summed E-state index contributed by atoms with van der Waals surface area (Å²) in [6.07, 6.45) is -4.26. The minimum atomic E-state index is -4.26. The summed E-state index contributed by atoms with van der Waals surface area (Å²) in [6.45, 7) is 0. The van der Waals surface area contributed by atoms with E-state index in [1.165, 1.54) is 7.11 Å². The van der Waals surface area contributed by atoms with E-state index in [2.05, 4.69) is 0 Å². The van der Waals surface area contributed by atoms with Crippen LogP contribution in [0.1, 0.15) is 4.88 Å².